The average molecular weight is 348 g/mol. The number of aryl methyl sites for hydroxylation is 2. The van der Waals surface area contributed by atoms with Crippen LogP contribution in [0.3, 0.4) is 0 Å². The van der Waals surface area contributed by atoms with Crippen molar-refractivity contribution in [2.24, 2.45) is 0 Å². The molecular formula is C17H20N2O4S. The number of ether oxygens (including phenoxy) is 1. The van der Waals surface area contributed by atoms with Crippen LogP contribution in [0.4, 0.5) is 5.69 Å². The molecule has 6 nitrogen and oxygen atoms in total. The minimum Gasteiger partial charge on any atom is -0.495 e. The van der Waals surface area contributed by atoms with Crippen LogP contribution >= 0.6 is 0 Å². The smallest absolute Gasteiger partial charge is 0.262 e. The highest BCUT2D eigenvalue weighted by Crippen LogP contribution is 2.29. The number of amides is 1. The summed E-state index contributed by atoms with van der Waals surface area (Å²) < 4.78 is 33.2. The Bertz CT molecular complexity index is 876. The maximum Gasteiger partial charge on any atom is 0.262 e. The van der Waals surface area contributed by atoms with Gasteiger partial charge >= 0.3 is 0 Å². The number of anilines is 1. The highest BCUT2D eigenvalue weighted by Gasteiger charge is 2.20. The van der Waals surface area contributed by atoms with E-state index in [-0.39, 0.29) is 16.5 Å². The largest absolute Gasteiger partial charge is 0.495 e. The fourth-order valence-electron chi connectivity index (χ4n) is 2.27. The van der Waals surface area contributed by atoms with Crippen LogP contribution in [0.5, 0.6) is 5.75 Å². The van der Waals surface area contributed by atoms with Gasteiger partial charge in [0.2, 0.25) is 0 Å². The second-order valence-corrected chi connectivity index (χ2v) is 7.02. The zero-order chi connectivity index (χ0) is 17.9. The van der Waals surface area contributed by atoms with Gasteiger partial charge in [0.25, 0.3) is 15.9 Å². The SMILES string of the molecule is CNC(=O)c1ccc(OC)c(NS(=O)(=O)c2cc(C)ccc2C)c1. The summed E-state index contributed by atoms with van der Waals surface area (Å²) in [5, 5.41) is 2.50. The molecule has 0 aliphatic heterocycles. The summed E-state index contributed by atoms with van der Waals surface area (Å²) >= 11 is 0. The Kier molecular flexibility index (Phi) is 5.14. The van der Waals surface area contributed by atoms with Gasteiger partial charge in [0.1, 0.15) is 5.75 Å². The lowest BCUT2D eigenvalue weighted by molar-refractivity contribution is 0.0963. The molecule has 2 aromatic carbocycles. The quantitative estimate of drug-likeness (QED) is 0.869. The highest BCUT2D eigenvalue weighted by molar-refractivity contribution is 7.92. The van der Waals surface area contributed by atoms with Gasteiger partial charge < -0.3 is 10.1 Å². The number of carbonyl (C=O) groups is 1. The van der Waals surface area contributed by atoms with Crippen LogP contribution in [0.1, 0.15) is 21.5 Å². The molecule has 0 radical (unpaired) electrons. The minimum absolute atomic E-state index is 0.190. The van der Waals surface area contributed by atoms with Gasteiger partial charge in [-0.1, -0.05) is 12.1 Å². The number of hydrogen-bond acceptors (Lipinski definition) is 4. The molecule has 0 unspecified atom stereocenters. The first-order chi connectivity index (χ1) is 11.3. The molecule has 128 valence electrons. The summed E-state index contributed by atoms with van der Waals surface area (Å²) in [4.78, 5) is 12.0. The van der Waals surface area contributed by atoms with Crippen molar-refractivity contribution in [3.63, 3.8) is 0 Å². The standard InChI is InChI=1S/C17H20N2O4S/c1-11-5-6-12(2)16(9-11)24(21,22)19-14-10-13(17(20)18-3)7-8-15(14)23-4/h5-10,19H,1-4H3,(H,18,20). The molecule has 0 aliphatic carbocycles. The number of carbonyl (C=O) groups excluding carboxylic acids is 1. The van der Waals surface area contributed by atoms with Crippen LogP contribution in [-0.4, -0.2) is 28.5 Å². The van der Waals surface area contributed by atoms with Crippen LogP contribution in [0, 0.1) is 13.8 Å². The third-order valence-corrected chi connectivity index (χ3v) is 5.07. The van der Waals surface area contributed by atoms with Gasteiger partial charge in [0.15, 0.2) is 0 Å². The van der Waals surface area contributed by atoms with E-state index in [1.165, 1.54) is 20.2 Å². The molecule has 2 rings (SSSR count). The number of hydrogen-bond donors (Lipinski definition) is 2. The Labute approximate surface area is 141 Å². The average Bonchev–Trinajstić information content (AvgIpc) is 2.55. The lowest BCUT2D eigenvalue weighted by Crippen LogP contribution is -2.19. The Morgan fingerprint density at radius 2 is 1.79 bits per heavy atom. The third kappa shape index (κ3) is 3.68. The number of benzene rings is 2. The number of nitrogens with one attached hydrogen (secondary N) is 2. The van der Waals surface area contributed by atoms with Crippen LogP contribution in [0.15, 0.2) is 41.3 Å². The van der Waals surface area contributed by atoms with Gasteiger partial charge in [0, 0.05) is 12.6 Å². The Balaban J connectivity index is 2.48. The van der Waals surface area contributed by atoms with Gasteiger partial charge in [-0.2, -0.15) is 0 Å². The maximum absolute atomic E-state index is 12.7. The molecule has 0 saturated heterocycles. The molecule has 24 heavy (non-hydrogen) atoms. The van der Waals surface area contributed by atoms with Gasteiger partial charge in [-0.3, -0.25) is 9.52 Å². The van der Waals surface area contributed by atoms with E-state index in [1.54, 1.807) is 31.2 Å². The van der Waals surface area contributed by atoms with E-state index in [4.69, 9.17) is 4.74 Å². The predicted octanol–water partition coefficient (Wildman–Crippen LogP) is 2.47. The topological polar surface area (TPSA) is 84.5 Å². The lowest BCUT2D eigenvalue weighted by Gasteiger charge is -2.14. The Morgan fingerprint density at radius 3 is 2.42 bits per heavy atom. The third-order valence-electron chi connectivity index (χ3n) is 3.57. The molecule has 2 aromatic rings. The summed E-state index contributed by atoms with van der Waals surface area (Å²) in [5.41, 5.74) is 2.01. The molecule has 0 spiro atoms. The summed E-state index contributed by atoms with van der Waals surface area (Å²) in [5.74, 6) is 0.0152. The number of methoxy groups -OCH3 is 1. The van der Waals surface area contributed by atoms with Crippen molar-refractivity contribution in [3.05, 3.63) is 53.1 Å². The molecule has 0 fully saturated rings. The summed E-state index contributed by atoms with van der Waals surface area (Å²) in [6.45, 7) is 3.55. The number of sulfonamides is 1. The first kappa shape index (κ1) is 17.8. The first-order valence-electron chi connectivity index (χ1n) is 7.28. The van der Waals surface area contributed by atoms with Crippen LogP contribution in [0.2, 0.25) is 0 Å². The molecule has 0 aliphatic rings. The van der Waals surface area contributed by atoms with E-state index in [0.29, 0.717) is 16.9 Å². The van der Waals surface area contributed by atoms with Gasteiger partial charge in [0.05, 0.1) is 17.7 Å². The first-order valence-corrected chi connectivity index (χ1v) is 8.77. The molecule has 2 N–H and O–H groups in total. The van der Waals surface area contributed by atoms with Crippen LogP contribution in [-0.2, 0) is 10.0 Å². The second-order valence-electron chi connectivity index (χ2n) is 5.37. The summed E-state index contributed by atoms with van der Waals surface area (Å²) in [7, 11) is -0.868. The van der Waals surface area contributed by atoms with Gasteiger partial charge in [-0.25, -0.2) is 8.42 Å². The van der Waals surface area contributed by atoms with Crippen molar-refractivity contribution < 1.29 is 17.9 Å². The summed E-state index contributed by atoms with van der Waals surface area (Å²) in [6.07, 6.45) is 0. The molecule has 7 heteroatoms. The van der Waals surface area contributed by atoms with Crippen molar-refractivity contribution >= 4 is 21.6 Å². The molecule has 0 saturated carbocycles. The van der Waals surface area contributed by atoms with Gasteiger partial charge in [-0.05, 0) is 49.2 Å². The van der Waals surface area contributed by atoms with Gasteiger partial charge in [-0.15, -0.1) is 0 Å². The van der Waals surface area contributed by atoms with Crippen molar-refractivity contribution in [3.8, 4) is 5.75 Å². The fraction of sp³-hybridized carbons (Fsp3) is 0.235. The predicted molar refractivity (Wildman–Crippen MR) is 93.1 cm³/mol. The molecule has 1 amide bonds. The molecular weight excluding hydrogens is 328 g/mol. The zero-order valence-electron chi connectivity index (χ0n) is 14.0. The second kappa shape index (κ2) is 6.92. The normalized spacial score (nSPS) is 11.0. The van der Waals surface area contributed by atoms with E-state index in [0.717, 1.165) is 5.56 Å². The molecule has 0 atom stereocenters. The molecule has 0 bridgehead atoms. The molecule has 0 aromatic heterocycles. The van der Waals surface area contributed by atoms with Crippen molar-refractivity contribution in [2.45, 2.75) is 18.7 Å². The minimum atomic E-state index is -3.81. The van der Waals surface area contributed by atoms with E-state index >= 15 is 0 Å². The van der Waals surface area contributed by atoms with Crippen LogP contribution < -0.4 is 14.8 Å². The molecule has 0 heterocycles. The maximum atomic E-state index is 12.7. The van der Waals surface area contributed by atoms with Crippen molar-refractivity contribution in [2.75, 3.05) is 18.9 Å². The zero-order valence-corrected chi connectivity index (χ0v) is 14.8. The van der Waals surface area contributed by atoms with E-state index in [1.807, 2.05) is 13.0 Å². The monoisotopic (exact) mass is 348 g/mol. The highest BCUT2D eigenvalue weighted by atomic mass is 32.2. The van der Waals surface area contributed by atoms with E-state index < -0.39 is 10.0 Å². The van der Waals surface area contributed by atoms with Crippen molar-refractivity contribution in [1.29, 1.82) is 0 Å². The number of rotatable bonds is 5. The van der Waals surface area contributed by atoms with Crippen molar-refractivity contribution in [1.82, 2.24) is 5.32 Å². The Morgan fingerprint density at radius 1 is 1.08 bits per heavy atom. The lowest BCUT2D eigenvalue weighted by atomic mass is 10.2. The summed E-state index contributed by atoms with van der Waals surface area (Å²) in [6, 6.07) is 9.76. The fourth-order valence-corrected chi connectivity index (χ4v) is 3.66. The Hall–Kier alpha value is -2.54. The van der Waals surface area contributed by atoms with Crippen LogP contribution in [0.25, 0.3) is 0 Å². The van der Waals surface area contributed by atoms with E-state index in [9.17, 15) is 13.2 Å². The van der Waals surface area contributed by atoms with E-state index in [2.05, 4.69) is 10.0 Å².